The van der Waals surface area contributed by atoms with Gasteiger partial charge in [0.05, 0.1) is 21.2 Å². The lowest BCUT2D eigenvalue weighted by Gasteiger charge is -2.23. The van der Waals surface area contributed by atoms with Crippen LogP contribution in [0.2, 0.25) is 0 Å². The standard InChI is InChI=1S/C32H39N3O2S2/c1-6-9-11-13-21-15-17-25-23(19-21)33-29-27(38-25)28-30(35(29)31(36)37-32(4,5)8-3)34-24-20-22(14-12-10-7-2)16-18-26(24)39-28/h15-20H,6-14H2,1-5H3. The molecule has 0 radical (unpaired) electrons. The average Bonchev–Trinajstić information content (AvgIpc) is 3.22. The smallest absolute Gasteiger partial charge is 0.422 e. The van der Waals surface area contributed by atoms with Crippen LogP contribution in [0.3, 0.4) is 0 Å². The van der Waals surface area contributed by atoms with Crippen LogP contribution in [-0.4, -0.2) is 16.3 Å². The number of ether oxygens (including phenoxy) is 1. The molecule has 0 unspecified atom stereocenters. The molecule has 5 nitrogen and oxygen atoms in total. The van der Waals surface area contributed by atoms with Gasteiger partial charge in [-0.1, -0.05) is 82.1 Å². The predicted molar refractivity (Wildman–Crippen MR) is 160 cm³/mol. The number of carbonyl (C=O) groups excluding carboxylic acids is 1. The van der Waals surface area contributed by atoms with Crippen LogP contribution in [0.5, 0.6) is 0 Å². The van der Waals surface area contributed by atoms with E-state index in [0.717, 1.165) is 50.2 Å². The summed E-state index contributed by atoms with van der Waals surface area (Å²) in [4.78, 5) is 28.1. The Labute approximate surface area is 240 Å². The van der Waals surface area contributed by atoms with Crippen molar-refractivity contribution < 1.29 is 9.53 Å². The van der Waals surface area contributed by atoms with Crippen molar-refractivity contribution in [2.45, 2.75) is 118 Å². The first-order valence-electron chi connectivity index (χ1n) is 14.4. The number of rotatable bonds is 10. The highest BCUT2D eigenvalue weighted by Crippen LogP contribution is 2.45. The molecule has 5 rings (SSSR count). The van der Waals surface area contributed by atoms with Gasteiger partial charge in [0, 0.05) is 9.79 Å². The van der Waals surface area contributed by atoms with E-state index >= 15 is 0 Å². The zero-order valence-electron chi connectivity index (χ0n) is 23.8. The van der Waals surface area contributed by atoms with Crippen molar-refractivity contribution in [2.75, 3.05) is 0 Å². The summed E-state index contributed by atoms with van der Waals surface area (Å²) in [6, 6.07) is 13.2. The van der Waals surface area contributed by atoms with E-state index < -0.39 is 11.7 Å². The van der Waals surface area contributed by atoms with Crippen molar-refractivity contribution in [3.05, 3.63) is 58.5 Å². The summed E-state index contributed by atoms with van der Waals surface area (Å²) >= 11 is 3.37. The summed E-state index contributed by atoms with van der Waals surface area (Å²) in [6.07, 6.45) is 9.58. The normalized spacial score (nSPS) is 13.5. The van der Waals surface area contributed by atoms with Crippen molar-refractivity contribution in [1.82, 2.24) is 4.57 Å². The molecule has 0 spiro atoms. The largest absolute Gasteiger partial charge is 0.443 e. The van der Waals surface area contributed by atoms with E-state index in [4.69, 9.17) is 14.7 Å². The van der Waals surface area contributed by atoms with Crippen LogP contribution in [0, 0.1) is 0 Å². The Hall–Kier alpha value is -2.51. The Kier molecular flexibility index (Phi) is 8.57. The quantitative estimate of drug-likeness (QED) is 0.160. The van der Waals surface area contributed by atoms with Crippen LogP contribution in [0.1, 0.15) is 90.7 Å². The molecule has 206 valence electrons. The second-order valence-corrected chi connectivity index (χ2v) is 13.2. The van der Waals surface area contributed by atoms with Gasteiger partial charge >= 0.3 is 6.09 Å². The molecular weight excluding hydrogens is 523 g/mol. The number of fused-ring (bicyclic) bond motifs is 5. The topological polar surface area (TPSA) is 56.0 Å². The van der Waals surface area contributed by atoms with Gasteiger partial charge in [-0.15, -0.1) is 0 Å². The molecule has 3 heterocycles. The highest BCUT2D eigenvalue weighted by Gasteiger charge is 2.31. The average molecular weight is 562 g/mol. The fraction of sp³-hybridized carbons (Fsp3) is 0.469. The number of benzene rings is 2. The zero-order chi connectivity index (χ0) is 27.6. The highest BCUT2D eigenvalue weighted by atomic mass is 32.2. The van der Waals surface area contributed by atoms with Crippen LogP contribution >= 0.6 is 23.5 Å². The van der Waals surface area contributed by atoms with Crippen molar-refractivity contribution in [3.8, 4) is 0 Å². The predicted octanol–water partition coefficient (Wildman–Crippen LogP) is 8.96. The SMILES string of the molecule is CCCCCc1ccc2c(c1)N=c1c(c3c(n1C(=O)OC(C)(C)CC)=Nc1cc(CCCCC)ccc1S3)S2. The summed E-state index contributed by atoms with van der Waals surface area (Å²) in [6.45, 7) is 10.4. The van der Waals surface area contributed by atoms with E-state index in [9.17, 15) is 4.79 Å². The molecule has 0 fully saturated rings. The number of aryl methyl sites for hydroxylation is 2. The minimum Gasteiger partial charge on any atom is -0.443 e. The molecule has 0 aliphatic carbocycles. The van der Waals surface area contributed by atoms with E-state index in [1.807, 2.05) is 20.8 Å². The maximum Gasteiger partial charge on any atom is 0.422 e. The molecule has 2 aliphatic heterocycles. The molecule has 0 bridgehead atoms. The molecule has 0 saturated heterocycles. The molecule has 1 aromatic heterocycles. The maximum absolute atomic E-state index is 13.7. The number of nitrogens with zero attached hydrogens (tertiary/aromatic N) is 3. The maximum atomic E-state index is 13.7. The van der Waals surface area contributed by atoms with Gasteiger partial charge < -0.3 is 4.74 Å². The van der Waals surface area contributed by atoms with Crippen LogP contribution in [0.4, 0.5) is 16.2 Å². The lowest BCUT2D eigenvalue weighted by molar-refractivity contribution is 0.0360. The number of hydrogen-bond acceptors (Lipinski definition) is 6. The summed E-state index contributed by atoms with van der Waals surface area (Å²) < 4.78 is 7.62. The molecule has 3 aromatic rings. The molecule has 2 aromatic carbocycles. The highest BCUT2D eigenvalue weighted by molar-refractivity contribution is 8.02. The lowest BCUT2D eigenvalue weighted by atomic mass is 10.1. The van der Waals surface area contributed by atoms with Gasteiger partial charge in [-0.25, -0.2) is 19.3 Å². The van der Waals surface area contributed by atoms with Crippen molar-refractivity contribution in [3.63, 3.8) is 0 Å². The molecular formula is C32H39N3O2S2. The molecule has 39 heavy (non-hydrogen) atoms. The Bertz CT molecular complexity index is 1410. The Morgan fingerprint density at radius 3 is 1.72 bits per heavy atom. The van der Waals surface area contributed by atoms with E-state index in [-0.39, 0.29) is 0 Å². The van der Waals surface area contributed by atoms with Gasteiger partial charge in [-0.2, -0.15) is 0 Å². The molecule has 7 heteroatoms. The van der Waals surface area contributed by atoms with Gasteiger partial charge in [0.2, 0.25) is 0 Å². The van der Waals surface area contributed by atoms with E-state index in [1.54, 1.807) is 28.1 Å². The third kappa shape index (κ3) is 5.99. The van der Waals surface area contributed by atoms with E-state index in [1.165, 1.54) is 49.7 Å². The fourth-order valence-corrected chi connectivity index (χ4v) is 7.01. The van der Waals surface area contributed by atoms with E-state index in [0.29, 0.717) is 11.0 Å². The minimum atomic E-state index is -0.584. The molecule has 2 aliphatic rings. The number of carbonyl (C=O) groups is 1. The Balaban J connectivity index is 1.62. The van der Waals surface area contributed by atoms with Crippen molar-refractivity contribution in [1.29, 1.82) is 0 Å². The van der Waals surface area contributed by atoms with Gasteiger partial charge in [0.25, 0.3) is 0 Å². The summed E-state index contributed by atoms with van der Waals surface area (Å²) in [5, 5.41) is 0. The van der Waals surface area contributed by atoms with Crippen molar-refractivity contribution >= 4 is 41.0 Å². The van der Waals surface area contributed by atoms with Gasteiger partial charge in [-0.05, 0) is 81.3 Å². The summed E-state index contributed by atoms with van der Waals surface area (Å²) in [5.74, 6) is 0. The Morgan fingerprint density at radius 1 is 0.795 bits per heavy atom. The van der Waals surface area contributed by atoms with Crippen LogP contribution in [-0.2, 0) is 17.6 Å². The molecule has 0 N–H and O–H groups in total. The van der Waals surface area contributed by atoms with Crippen molar-refractivity contribution in [2.24, 2.45) is 9.98 Å². The van der Waals surface area contributed by atoms with Gasteiger partial charge in [-0.3, -0.25) is 0 Å². The first kappa shape index (κ1) is 28.0. The van der Waals surface area contributed by atoms with Crippen LogP contribution in [0.25, 0.3) is 0 Å². The molecule has 0 atom stereocenters. The first-order valence-corrected chi connectivity index (χ1v) is 16.0. The number of unbranched alkanes of at least 4 members (excludes halogenated alkanes) is 4. The number of hydrogen-bond donors (Lipinski definition) is 0. The molecule has 0 amide bonds. The second kappa shape index (κ2) is 11.9. The van der Waals surface area contributed by atoms with Crippen LogP contribution < -0.4 is 11.0 Å². The second-order valence-electron chi connectivity index (χ2n) is 11.1. The van der Waals surface area contributed by atoms with Crippen LogP contribution in [0.15, 0.2) is 66.0 Å². The third-order valence-electron chi connectivity index (χ3n) is 7.50. The van der Waals surface area contributed by atoms with Gasteiger partial charge in [0.1, 0.15) is 5.60 Å². The lowest BCUT2D eigenvalue weighted by Crippen LogP contribution is -2.39. The monoisotopic (exact) mass is 561 g/mol. The Morgan fingerprint density at radius 2 is 1.28 bits per heavy atom. The van der Waals surface area contributed by atoms with E-state index in [2.05, 4.69) is 50.2 Å². The molecule has 0 saturated carbocycles. The van der Waals surface area contributed by atoms with Gasteiger partial charge in [0.15, 0.2) is 11.0 Å². The third-order valence-corrected chi connectivity index (χ3v) is 9.94. The zero-order valence-corrected chi connectivity index (χ0v) is 25.4. The minimum absolute atomic E-state index is 0.418. The summed E-state index contributed by atoms with van der Waals surface area (Å²) in [7, 11) is 0. The fourth-order valence-electron chi connectivity index (χ4n) is 4.81. The summed E-state index contributed by atoms with van der Waals surface area (Å²) in [5.41, 5.74) is 5.09. The number of aromatic nitrogens is 1. The first-order chi connectivity index (χ1) is 18.8.